The number of carbonyl (C=O) groups excluding carboxylic acids is 1. The molecule has 13 heavy (non-hydrogen) atoms. The van der Waals surface area contributed by atoms with Gasteiger partial charge in [-0.2, -0.15) is 4.72 Å². The number of nitrogens with one attached hydrogen (secondary N) is 1. The van der Waals surface area contributed by atoms with Crippen molar-refractivity contribution in [3.05, 3.63) is 0 Å². The van der Waals surface area contributed by atoms with Crippen LogP contribution >= 0.6 is 26.4 Å². The summed E-state index contributed by atoms with van der Waals surface area (Å²) in [6, 6.07) is -0.932. The molecule has 7 heteroatoms. The summed E-state index contributed by atoms with van der Waals surface area (Å²) in [5.74, 6) is 0. The van der Waals surface area contributed by atoms with Gasteiger partial charge in [0, 0.05) is 0 Å². The van der Waals surface area contributed by atoms with E-state index in [1.807, 2.05) is 0 Å². The van der Waals surface area contributed by atoms with Crippen LogP contribution in [0.1, 0.15) is 20.8 Å². The first-order valence-electron chi connectivity index (χ1n) is 3.45. The van der Waals surface area contributed by atoms with Crippen molar-refractivity contribution < 1.29 is 13.2 Å². The van der Waals surface area contributed by atoms with Gasteiger partial charge in [-0.15, -0.1) is 0 Å². The average Bonchev–Trinajstić information content (AvgIpc) is 1.77. The van der Waals surface area contributed by atoms with Crippen LogP contribution in [0.15, 0.2) is 0 Å². The van der Waals surface area contributed by atoms with Gasteiger partial charge in [0.15, 0.2) is 0 Å². The molecule has 0 bridgehead atoms. The van der Waals surface area contributed by atoms with Crippen LogP contribution in [-0.4, -0.2) is 19.7 Å². The molecule has 0 unspecified atom stereocenters. The Bertz CT molecular complexity index is 295. The van der Waals surface area contributed by atoms with Crippen molar-refractivity contribution in [2.45, 2.75) is 26.8 Å². The minimum absolute atomic E-state index is 0.556. The minimum atomic E-state index is -3.59. The highest BCUT2D eigenvalue weighted by atomic mass is 79.9. The molecular weight excluding hydrogens is 281 g/mol. The third-order valence-electron chi connectivity index (χ3n) is 1.35. The lowest BCUT2D eigenvalue weighted by atomic mass is 9.88. The Morgan fingerprint density at radius 3 is 1.92 bits per heavy atom. The Kier molecular flexibility index (Phi) is 4.36. The molecule has 0 aromatic carbocycles. The molecule has 0 aromatic heterocycles. The van der Waals surface area contributed by atoms with Gasteiger partial charge in [0.2, 0.25) is 5.24 Å². The quantitative estimate of drug-likeness (QED) is 0.800. The Hall–Kier alpha value is 0.350. The molecule has 0 saturated carbocycles. The maximum atomic E-state index is 10.9. The first kappa shape index (κ1) is 13.4. The molecule has 1 atom stereocenters. The van der Waals surface area contributed by atoms with Gasteiger partial charge in [0.25, 0.3) is 8.46 Å². The molecule has 0 heterocycles. The Balaban J connectivity index is 4.77. The lowest BCUT2D eigenvalue weighted by Crippen LogP contribution is -2.45. The molecule has 78 valence electrons. The van der Waals surface area contributed by atoms with Crippen molar-refractivity contribution in [1.82, 2.24) is 4.72 Å². The second kappa shape index (κ2) is 4.25. The van der Waals surface area contributed by atoms with E-state index in [0.717, 1.165) is 0 Å². The standard InChI is InChI=1S/C6H11BrClNO3S/c1-6(2,3)4(5(8)10)9-13(7,11)12/h4,9H,1-3H3/t4-/m1/s1. The molecule has 0 saturated heterocycles. The van der Waals surface area contributed by atoms with Crippen LogP contribution in [0.4, 0.5) is 0 Å². The number of hydrogen-bond donors (Lipinski definition) is 1. The fourth-order valence-electron chi connectivity index (χ4n) is 0.704. The topological polar surface area (TPSA) is 63.2 Å². The molecule has 0 aliphatic carbocycles. The highest BCUT2D eigenvalue weighted by Gasteiger charge is 2.32. The maximum absolute atomic E-state index is 10.9. The summed E-state index contributed by atoms with van der Waals surface area (Å²) < 4.78 is 23.7. The number of rotatable bonds is 3. The predicted octanol–water partition coefficient (Wildman–Crippen LogP) is 1.40. The number of halogens is 2. The summed E-state index contributed by atoms with van der Waals surface area (Å²) in [7, 11) is -3.59. The second-order valence-electron chi connectivity index (χ2n) is 3.66. The van der Waals surface area contributed by atoms with E-state index >= 15 is 0 Å². The highest BCUT2D eigenvalue weighted by Crippen LogP contribution is 2.22. The third-order valence-corrected chi connectivity index (χ3v) is 2.65. The van der Waals surface area contributed by atoms with Crippen LogP contribution in [0.2, 0.25) is 0 Å². The van der Waals surface area contributed by atoms with E-state index in [1.165, 1.54) is 0 Å². The molecule has 4 nitrogen and oxygen atoms in total. The van der Waals surface area contributed by atoms with Gasteiger partial charge in [0.1, 0.15) is 6.04 Å². The van der Waals surface area contributed by atoms with Crippen molar-refractivity contribution in [3.63, 3.8) is 0 Å². The smallest absolute Gasteiger partial charge is 0.272 e. The van der Waals surface area contributed by atoms with Gasteiger partial charge in [-0.1, -0.05) is 20.8 Å². The maximum Gasteiger partial charge on any atom is 0.272 e. The molecule has 0 rings (SSSR count). The zero-order chi connectivity index (χ0) is 10.9. The average molecular weight is 293 g/mol. The first-order chi connectivity index (χ1) is 5.54. The highest BCUT2D eigenvalue weighted by molar-refractivity contribution is 9.47. The van der Waals surface area contributed by atoms with E-state index in [-0.39, 0.29) is 0 Å². The van der Waals surface area contributed by atoms with E-state index in [2.05, 4.69) is 19.5 Å². The van der Waals surface area contributed by atoms with Crippen molar-refractivity contribution in [2.75, 3.05) is 0 Å². The van der Waals surface area contributed by atoms with Gasteiger partial charge < -0.3 is 0 Å². The van der Waals surface area contributed by atoms with Gasteiger partial charge in [-0.25, -0.2) is 8.42 Å². The van der Waals surface area contributed by atoms with Crippen LogP contribution < -0.4 is 4.72 Å². The van der Waals surface area contributed by atoms with Crippen molar-refractivity contribution in [2.24, 2.45) is 5.41 Å². The fourth-order valence-corrected chi connectivity index (χ4v) is 2.45. The van der Waals surface area contributed by atoms with Crippen LogP contribution in [0.5, 0.6) is 0 Å². The Labute approximate surface area is 90.3 Å². The zero-order valence-corrected chi connectivity index (χ0v) is 10.6. The van der Waals surface area contributed by atoms with Crippen molar-refractivity contribution >= 4 is 40.1 Å². The van der Waals surface area contributed by atoms with E-state index in [0.29, 0.717) is 0 Å². The van der Waals surface area contributed by atoms with Crippen LogP contribution in [-0.2, 0) is 13.3 Å². The molecule has 0 fully saturated rings. The van der Waals surface area contributed by atoms with E-state index in [1.54, 1.807) is 20.8 Å². The van der Waals surface area contributed by atoms with Gasteiger partial charge in [0.05, 0.1) is 14.8 Å². The summed E-state index contributed by atoms with van der Waals surface area (Å²) in [6.45, 7) is 5.13. The normalized spacial score (nSPS) is 15.5. The minimum Gasteiger partial charge on any atom is -0.279 e. The molecule has 0 aliphatic heterocycles. The lowest BCUT2D eigenvalue weighted by molar-refractivity contribution is -0.115. The van der Waals surface area contributed by atoms with Crippen molar-refractivity contribution in [1.29, 1.82) is 0 Å². The number of hydrogen-bond acceptors (Lipinski definition) is 3. The van der Waals surface area contributed by atoms with Gasteiger partial charge in [-0.05, 0) is 17.0 Å². The van der Waals surface area contributed by atoms with Crippen LogP contribution in [0, 0.1) is 5.41 Å². The summed E-state index contributed by atoms with van der Waals surface area (Å²) in [4.78, 5) is 10.9. The number of carbonyl (C=O) groups is 1. The molecule has 1 N–H and O–H groups in total. The monoisotopic (exact) mass is 291 g/mol. The predicted molar refractivity (Wildman–Crippen MR) is 55.1 cm³/mol. The molecule has 0 aromatic rings. The van der Waals surface area contributed by atoms with E-state index in [9.17, 15) is 13.2 Å². The fraction of sp³-hybridized carbons (Fsp3) is 0.833. The third kappa shape index (κ3) is 5.61. The second-order valence-corrected chi connectivity index (χ2v) is 7.70. The Morgan fingerprint density at radius 1 is 1.46 bits per heavy atom. The summed E-state index contributed by atoms with van der Waals surface area (Å²) in [5.41, 5.74) is -0.556. The molecule has 0 aliphatic rings. The Morgan fingerprint density at radius 2 is 1.85 bits per heavy atom. The van der Waals surface area contributed by atoms with E-state index < -0.39 is 25.2 Å². The first-order valence-corrected chi connectivity index (χ1v) is 7.15. The zero-order valence-electron chi connectivity index (χ0n) is 7.47. The van der Waals surface area contributed by atoms with Gasteiger partial charge in [-0.3, -0.25) is 4.79 Å². The van der Waals surface area contributed by atoms with Crippen molar-refractivity contribution in [3.8, 4) is 0 Å². The lowest BCUT2D eigenvalue weighted by Gasteiger charge is -2.26. The molecule has 0 amide bonds. The molecular formula is C6H11BrClNO3S. The van der Waals surface area contributed by atoms with Crippen LogP contribution in [0.25, 0.3) is 0 Å². The SMILES string of the molecule is CC(C)(C)[C@H](NS(=O)(=O)Br)C(=O)Cl. The van der Waals surface area contributed by atoms with E-state index in [4.69, 9.17) is 11.6 Å². The largest absolute Gasteiger partial charge is 0.279 e. The van der Waals surface area contributed by atoms with Crippen LogP contribution in [0.3, 0.4) is 0 Å². The summed E-state index contributed by atoms with van der Waals surface area (Å²) in [5, 5.41) is -0.726. The summed E-state index contributed by atoms with van der Waals surface area (Å²) >= 11 is 7.64. The van der Waals surface area contributed by atoms with Gasteiger partial charge >= 0.3 is 0 Å². The molecule has 0 radical (unpaired) electrons. The summed E-state index contributed by atoms with van der Waals surface area (Å²) in [6.07, 6.45) is 0. The molecule has 0 spiro atoms.